The summed E-state index contributed by atoms with van der Waals surface area (Å²) < 4.78 is 9.37. The van der Waals surface area contributed by atoms with E-state index in [0.29, 0.717) is 12.8 Å². The fourth-order valence-corrected chi connectivity index (χ4v) is 1.09. The Hall–Kier alpha value is -1.40. The van der Waals surface area contributed by atoms with Gasteiger partial charge in [0.15, 0.2) is 0 Å². The van der Waals surface area contributed by atoms with E-state index in [2.05, 4.69) is 9.47 Å². The van der Waals surface area contributed by atoms with Crippen LogP contribution in [0.2, 0.25) is 0 Å². The maximum Gasteiger partial charge on any atom is 0.333 e. The summed E-state index contributed by atoms with van der Waals surface area (Å²) >= 11 is 0. The van der Waals surface area contributed by atoms with Crippen LogP contribution in [0.1, 0.15) is 40.5 Å². The first-order chi connectivity index (χ1) is 9.31. The summed E-state index contributed by atoms with van der Waals surface area (Å²) in [7, 11) is 0. The highest BCUT2D eigenvalue weighted by molar-refractivity contribution is 5.91. The topological polar surface area (TPSA) is 93.1 Å². The van der Waals surface area contributed by atoms with Gasteiger partial charge in [0.05, 0.1) is 0 Å². The molecule has 0 fully saturated rings. The number of hydrogen-bond acceptors (Lipinski definition) is 6. The Labute approximate surface area is 119 Å². The second-order valence-corrected chi connectivity index (χ2v) is 4.76. The van der Waals surface area contributed by atoms with E-state index in [9.17, 15) is 19.8 Å². The fraction of sp³-hybridized carbons (Fsp3) is 0.714. The Morgan fingerprint density at radius 2 is 1.20 bits per heavy atom. The minimum absolute atomic E-state index is 0.188. The van der Waals surface area contributed by atoms with Gasteiger partial charge in [0.1, 0.15) is 0 Å². The molecule has 0 aromatic carbocycles. The van der Waals surface area contributed by atoms with Crippen LogP contribution in [-0.4, -0.2) is 34.7 Å². The van der Waals surface area contributed by atoms with E-state index >= 15 is 0 Å². The molecular weight excluding hydrogens is 264 g/mol. The van der Waals surface area contributed by atoms with Crippen LogP contribution in [-0.2, 0) is 19.1 Å². The van der Waals surface area contributed by atoms with E-state index in [-0.39, 0.29) is 11.8 Å². The Morgan fingerprint density at radius 3 is 1.45 bits per heavy atom. The third kappa shape index (κ3) is 7.25. The van der Waals surface area contributed by atoms with E-state index in [1.54, 1.807) is 13.8 Å². The quantitative estimate of drug-likeness (QED) is 0.398. The number of aliphatic hydroxyl groups is 2. The van der Waals surface area contributed by atoms with Crippen molar-refractivity contribution in [2.75, 3.05) is 0 Å². The van der Waals surface area contributed by atoms with E-state index in [4.69, 9.17) is 0 Å². The van der Waals surface area contributed by atoms with Crippen LogP contribution in [0.25, 0.3) is 0 Å². The van der Waals surface area contributed by atoms with Crippen molar-refractivity contribution in [1.82, 2.24) is 0 Å². The van der Waals surface area contributed by atoms with Crippen LogP contribution in [0, 0.1) is 11.8 Å². The van der Waals surface area contributed by atoms with Gasteiger partial charge < -0.3 is 19.7 Å². The van der Waals surface area contributed by atoms with Gasteiger partial charge in [0, 0.05) is 24.0 Å². The van der Waals surface area contributed by atoms with Crippen molar-refractivity contribution in [3.63, 3.8) is 0 Å². The zero-order valence-electron chi connectivity index (χ0n) is 12.4. The molecule has 0 spiro atoms. The predicted octanol–water partition coefficient (Wildman–Crippen LogP) is 1.36. The van der Waals surface area contributed by atoms with Gasteiger partial charge >= 0.3 is 11.9 Å². The molecule has 0 aliphatic heterocycles. The fourth-order valence-electron chi connectivity index (χ4n) is 1.09. The van der Waals surface area contributed by atoms with Gasteiger partial charge in [-0.25, -0.2) is 9.59 Å². The van der Waals surface area contributed by atoms with Crippen molar-refractivity contribution in [2.45, 2.75) is 53.1 Å². The highest BCUT2D eigenvalue weighted by Gasteiger charge is 2.17. The third-order valence-corrected chi connectivity index (χ3v) is 3.09. The van der Waals surface area contributed by atoms with Crippen molar-refractivity contribution < 1.29 is 29.3 Å². The van der Waals surface area contributed by atoms with Gasteiger partial charge in [0.2, 0.25) is 12.6 Å². The Morgan fingerprint density at radius 1 is 0.900 bits per heavy atom. The Bertz CT molecular complexity index is 307. The molecule has 6 heteroatoms. The summed E-state index contributed by atoms with van der Waals surface area (Å²) in [6, 6.07) is 0. The lowest BCUT2D eigenvalue weighted by molar-refractivity contribution is -0.173. The summed E-state index contributed by atoms with van der Waals surface area (Å²) in [6.45, 7) is 7.17. The number of rotatable bonds is 8. The van der Waals surface area contributed by atoms with Crippen molar-refractivity contribution in [3.05, 3.63) is 12.2 Å². The molecule has 0 radical (unpaired) electrons. The summed E-state index contributed by atoms with van der Waals surface area (Å²) in [4.78, 5) is 22.6. The van der Waals surface area contributed by atoms with E-state index in [1.165, 1.54) is 0 Å². The van der Waals surface area contributed by atoms with Gasteiger partial charge in [-0.05, 0) is 12.8 Å². The molecule has 4 unspecified atom stereocenters. The first kappa shape index (κ1) is 18.6. The summed E-state index contributed by atoms with van der Waals surface area (Å²) in [5, 5.41) is 18.9. The van der Waals surface area contributed by atoms with Gasteiger partial charge in [-0.2, -0.15) is 0 Å². The minimum Gasteiger partial charge on any atom is -0.433 e. The van der Waals surface area contributed by atoms with E-state index in [1.807, 2.05) is 13.8 Å². The molecule has 0 aromatic heterocycles. The maximum absolute atomic E-state index is 11.3. The lowest BCUT2D eigenvalue weighted by atomic mass is 10.1. The molecule has 20 heavy (non-hydrogen) atoms. The maximum atomic E-state index is 11.3. The number of carbonyl (C=O) groups is 2. The summed E-state index contributed by atoms with van der Waals surface area (Å²) in [6.07, 6.45) is 0.606. The summed E-state index contributed by atoms with van der Waals surface area (Å²) in [5.74, 6) is -2.06. The second-order valence-electron chi connectivity index (χ2n) is 4.76. The molecule has 0 rings (SSSR count). The molecule has 6 nitrogen and oxygen atoms in total. The summed E-state index contributed by atoms with van der Waals surface area (Å²) in [5.41, 5.74) is 0. The zero-order chi connectivity index (χ0) is 15.7. The number of carbonyl (C=O) groups excluding carboxylic acids is 2. The second kappa shape index (κ2) is 9.50. The van der Waals surface area contributed by atoms with Crippen molar-refractivity contribution >= 4 is 11.9 Å². The van der Waals surface area contributed by atoms with Crippen LogP contribution in [0.3, 0.4) is 0 Å². The molecule has 4 atom stereocenters. The number of esters is 2. The normalized spacial score (nSPS) is 17.3. The lowest BCUT2D eigenvalue weighted by Crippen LogP contribution is -2.24. The smallest absolute Gasteiger partial charge is 0.333 e. The third-order valence-electron chi connectivity index (χ3n) is 3.09. The molecule has 116 valence electrons. The molecule has 0 bridgehead atoms. The monoisotopic (exact) mass is 288 g/mol. The van der Waals surface area contributed by atoms with Crippen LogP contribution in [0.15, 0.2) is 12.2 Å². The van der Waals surface area contributed by atoms with Crippen molar-refractivity contribution in [1.29, 1.82) is 0 Å². The zero-order valence-corrected chi connectivity index (χ0v) is 12.4. The Kier molecular flexibility index (Phi) is 8.83. The average molecular weight is 288 g/mol. The van der Waals surface area contributed by atoms with Crippen LogP contribution < -0.4 is 0 Å². The molecule has 0 amide bonds. The van der Waals surface area contributed by atoms with Crippen LogP contribution in [0.4, 0.5) is 0 Å². The highest BCUT2D eigenvalue weighted by Crippen LogP contribution is 2.10. The number of ether oxygens (including phenoxy) is 2. The van der Waals surface area contributed by atoms with Gasteiger partial charge in [-0.15, -0.1) is 0 Å². The van der Waals surface area contributed by atoms with E-state index in [0.717, 1.165) is 12.2 Å². The van der Waals surface area contributed by atoms with Gasteiger partial charge in [0.25, 0.3) is 0 Å². The largest absolute Gasteiger partial charge is 0.433 e. The van der Waals surface area contributed by atoms with Crippen molar-refractivity contribution in [3.8, 4) is 0 Å². The number of hydrogen-bond donors (Lipinski definition) is 2. The molecule has 0 aromatic rings. The van der Waals surface area contributed by atoms with Gasteiger partial charge in [-0.1, -0.05) is 27.7 Å². The standard InChI is InChI=1S/C14H24O6/c1-5-9(3)13(17)19-11(15)7-8-12(16)20-14(18)10(4)6-2/h7-10,13-14,17-18H,5-6H2,1-4H3/b8-7+. The Balaban J connectivity index is 4.22. The lowest BCUT2D eigenvalue weighted by Gasteiger charge is -2.17. The number of aliphatic hydroxyl groups excluding tert-OH is 2. The molecule has 0 heterocycles. The van der Waals surface area contributed by atoms with Crippen LogP contribution in [0.5, 0.6) is 0 Å². The molecule has 0 aliphatic carbocycles. The first-order valence-corrected chi connectivity index (χ1v) is 6.77. The van der Waals surface area contributed by atoms with Crippen LogP contribution >= 0.6 is 0 Å². The molecule has 0 saturated heterocycles. The first-order valence-electron chi connectivity index (χ1n) is 6.77. The highest BCUT2D eigenvalue weighted by atomic mass is 16.6. The predicted molar refractivity (Wildman–Crippen MR) is 72.2 cm³/mol. The SMILES string of the molecule is CCC(C)C(O)OC(=O)/C=C/C(=O)OC(O)C(C)CC. The molecular formula is C14H24O6. The molecule has 0 saturated carbocycles. The van der Waals surface area contributed by atoms with Crippen molar-refractivity contribution in [2.24, 2.45) is 11.8 Å². The average Bonchev–Trinajstić information content (AvgIpc) is 2.42. The molecule has 0 aliphatic rings. The van der Waals surface area contributed by atoms with E-state index < -0.39 is 24.5 Å². The molecule has 2 N–H and O–H groups in total. The van der Waals surface area contributed by atoms with Gasteiger partial charge in [-0.3, -0.25) is 0 Å². The minimum atomic E-state index is -1.21.